The Morgan fingerprint density at radius 2 is 0.859 bits per heavy atom. The van der Waals surface area contributed by atoms with E-state index >= 15 is 0 Å². The maximum atomic E-state index is 12.6. The summed E-state index contributed by atoms with van der Waals surface area (Å²) in [6, 6.07) is 8.81. The molecule has 0 aromatic heterocycles. The number of phenols is 1. The number of aliphatic hydroxyl groups excluding tert-OH is 13. The van der Waals surface area contributed by atoms with Crippen LogP contribution in [0.25, 0.3) is 12.2 Å². The van der Waals surface area contributed by atoms with E-state index in [4.69, 9.17) is 47.4 Å². The first-order chi connectivity index (χ1) is 33.9. The molecule has 2 aromatic rings. The summed E-state index contributed by atoms with van der Waals surface area (Å²) >= 11 is 0. The second-order valence-electron chi connectivity index (χ2n) is 16.9. The number of carbonyl (C=O) groups excluding carboxylic acids is 2. The van der Waals surface area contributed by atoms with Gasteiger partial charge in [-0.1, -0.05) is 24.3 Å². The molecule has 4 heterocycles. The molecule has 4 fully saturated rings. The molecule has 20 atom stereocenters. The van der Waals surface area contributed by atoms with E-state index in [1.54, 1.807) is 6.07 Å². The van der Waals surface area contributed by atoms with E-state index in [1.807, 2.05) is 0 Å². The number of carbonyl (C=O) groups is 2. The number of aliphatic hydroxyl groups is 13. The number of rotatable bonds is 20. The highest BCUT2D eigenvalue weighted by atomic mass is 16.8. The van der Waals surface area contributed by atoms with Gasteiger partial charge in [0.05, 0.1) is 47.1 Å². The van der Waals surface area contributed by atoms with Crippen LogP contribution >= 0.6 is 0 Å². The van der Waals surface area contributed by atoms with Crippen LogP contribution in [0.15, 0.2) is 48.6 Å². The Morgan fingerprint density at radius 3 is 1.30 bits per heavy atom. The first-order valence-corrected chi connectivity index (χ1v) is 22.2. The number of methoxy groups -OCH3 is 2. The average Bonchev–Trinajstić information content (AvgIpc) is 3.36. The summed E-state index contributed by atoms with van der Waals surface area (Å²) in [6.45, 7) is -3.57. The van der Waals surface area contributed by atoms with Crippen LogP contribution in [0.4, 0.5) is 0 Å². The van der Waals surface area contributed by atoms with E-state index in [0.717, 1.165) is 0 Å². The number of ketones is 2. The van der Waals surface area contributed by atoms with Gasteiger partial charge in [0.15, 0.2) is 53.4 Å². The topological polar surface area (TPSA) is 410 Å². The third kappa shape index (κ3) is 12.9. The lowest BCUT2D eigenvalue weighted by molar-refractivity contribution is -0.387. The molecule has 26 heteroatoms. The largest absolute Gasteiger partial charge is 0.504 e. The van der Waals surface area contributed by atoms with Crippen LogP contribution in [-0.4, -0.2) is 247 Å². The summed E-state index contributed by atoms with van der Waals surface area (Å²) in [7, 11) is 2.67. The average molecular weight is 1020 g/mol. The van der Waals surface area contributed by atoms with Gasteiger partial charge in [-0.15, -0.1) is 0 Å². The van der Waals surface area contributed by atoms with Crippen molar-refractivity contribution in [2.45, 2.75) is 129 Å². The lowest BCUT2D eigenvalue weighted by Crippen LogP contribution is -2.67. The normalized spacial score (nSPS) is 37.8. The molecule has 0 radical (unpaired) electrons. The summed E-state index contributed by atoms with van der Waals surface area (Å²) in [4.78, 5) is 25.0. The van der Waals surface area contributed by atoms with Crippen LogP contribution in [0.5, 0.6) is 23.0 Å². The molecule has 4 aliphatic heterocycles. The van der Waals surface area contributed by atoms with Gasteiger partial charge in [-0.3, -0.25) is 9.59 Å². The highest BCUT2D eigenvalue weighted by molar-refractivity contribution is 6.10. The van der Waals surface area contributed by atoms with Crippen molar-refractivity contribution in [1.29, 1.82) is 0 Å². The van der Waals surface area contributed by atoms with Gasteiger partial charge in [0.1, 0.15) is 97.7 Å². The minimum atomic E-state index is -2.09. The Hall–Kier alpha value is -4.34. The van der Waals surface area contributed by atoms with Gasteiger partial charge in [0.25, 0.3) is 0 Å². The summed E-state index contributed by atoms with van der Waals surface area (Å²) in [6.07, 6.45) is -31.4. The van der Waals surface area contributed by atoms with Crippen molar-refractivity contribution in [1.82, 2.24) is 0 Å². The summed E-state index contributed by atoms with van der Waals surface area (Å²) < 4.78 is 55.5. The molecule has 2 aromatic carbocycles. The van der Waals surface area contributed by atoms with Crippen LogP contribution in [0.3, 0.4) is 0 Å². The fourth-order valence-corrected chi connectivity index (χ4v) is 8.10. The zero-order chi connectivity index (χ0) is 51.8. The SMILES string of the molecule is COc1cc(/C=C/C(=O)CC(=O)/C=C/c2ccc(O[C@H]3O[C@H](CO)[C@@H](O[C@H]4O[C@H](CO)[C@@H](O[C@H]5O[C@H](CO)[C@@H](O[C@H]6O[C@H](CO)[C@@H](O)[C@H](O)[C@H]6O)[C@H](O)[C@H]5O)[C@H](O)[C@H]4O)[C@H](O)[C@H]3O)c(OC)c2)ccc1O. The minimum Gasteiger partial charge on any atom is -0.504 e. The van der Waals surface area contributed by atoms with Gasteiger partial charge in [-0.25, -0.2) is 0 Å². The molecule has 4 aliphatic rings. The van der Waals surface area contributed by atoms with Crippen molar-refractivity contribution in [2.75, 3.05) is 40.6 Å². The summed E-state index contributed by atoms with van der Waals surface area (Å²) in [5, 5.41) is 147. The predicted molar refractivity (Wildman–Crippen MR) is 233 cm³/mol. The maximum absolute atomic E-state index is 12.6. The number of phenolic OH excluding ortho intramolecular Hbond substituents is 1. The number of ether oxygens (including phenoxy) is 10. The van der Waals surface area contributed by atoms with E-state index in [9.17, 15) is 81.1 Å². The fourth-order valence-electron chi connectivity index (χ4n) is 8.10. The summed E-state index contributed by atoms with van der Waals surface area (Å²) in [5.41, 5.74) is 0.988. The Bertz CT molecular complexity index is 2120. The predicted octanol–water partition coefficient (Wildman–Crippen LogP) is -5.68. The van der Waals surface area contributed by atoms with Gasteiger partial charge in [0, 0.05) is 0 Å². The number of hydrogen-bond donors (Lipinski definition) is 14. The number of benzene rings is 2. The minimum absolute atomic E-state index is 0.0258. The van der Waals surface area contributed by atoms with Gasteiger partial charge >= 0.3 is 0 Å². The molecule has 4 saturated heterocycles. The zero-order valence-electron chi connectivity index (χ0n) is 38.0. The Labute approximate surface area is 404 Å². The molecule has 396 valence electrons. The second kappa shape index (κ2) is 25.1. The van der Waals surface area contributed by atoms with E-state index in [0.29, 0.717) is 11.1 Å². The monoisotopic (exact) mass is 1020 g/mol. The second-order valence-corrected chi connectivity index (χ2v) is 16.9. The van der Waals surface area contributed by atoms with Crippen molar-refractivity contribution in [2.24, 2.45) is 0 Å². The molecule has 0 saturated carbocycles. The molecule has 0 amide bonds. The zero-order valence-corrected chi connectivity index (χ0v) is 38.0. The van der Waals surface area contributed by atoms with Crippen LogP contribution in [0, 0.1) is 0 Å². The third-order valence-electron chi connectivity index (χ3n) is 12.1. The first kappa shape index (κ1) is 56.0. The van der Waals surface area contributed by atoms with Crippen molar-refractivity contribution in [3.63, 3.8) is 0 Å². The van der Waals surface area contributed by atoms with Crippen molar-refractivity contribution in [3.05, 3.63) is 59.7 Å². The third-order valence-corrected chi connectivity index (χ3v) is 12.1. The first-order valence-electron chi connectivity index (χ1n) is 22.2. The van der Waals surface area contributed by atoms with Crippen molar-refractivity contribution < 1.29 is 128 Å². The number of hydrogen-bond acceptors (Lipinski definition) is 26. The molecular weight excluding hydrogens is 956 g/mol. The Balaban J connectivity index is 1.04. The number of aromatic hydroxyl groups is 1. The van der Waals surface area contributed by atoms with Crippen molar-refractivity contribution >= 4 is 23.7 Å². The molecular formula is C45H60O26. The van der Waals surface area contributed by atoms with E-state index in [-0.39, 0.29) is 23.0 Å². The molecule has 0 aliphatic carbocycles. The van der Waals surface area contributed by atoms with E-state index in [1.165, 1.54) is 68.9 Å². The van der Waals surface area contributed by atoms with Crippen LogP contribution in [0.1, 0.15) is 17.5 Å². The van der Waals surface area contributed by atoms with E-state index in [2.05, 4.69) is 0 Å². The molecule has 26 nitrogen and oxygen atoms in total. The quantitative estimate of drug-likeness (QED) is 0.0434. The fraction of sp³-hybridized carbons (Fsp3) is 0.600. The maximum Gasteiger partial charge on any atom is 0.229 e. The van der Waals surface area contributed by atoms with Gasteiger partial charge in [-0.2, -0.15) is 0 Å². The smallest absolute Gasteiger partial charge is 0.229 e. The Kier molecular flexibility index (Phi) is 19.8. The lowest BCUT2D eigenvalue weighted by atomic mass is 9.95. The molecule has 14 N–H and O–H groups in total. The highest BCUT2D eigenvalue weighted by Crippen LogP contribution is 2.36. The van der Waals surface area contributed by atoms with Crippen LogP contribution in [0.2, 0.25) is 0 Å². The van der Waals surface area contributed by atoms with Gasteiger partial charge < -0.3 is 119 Å². The Morgan fingerprint density at radius 1 is 0.479 bits per heavy atom. The molecule has 71 heavy (non-hydrogen) atoms. The lowest BCUT2D eigenvalue weighted by Gasteiger charge is -2.49. The molecule has 6 rings (SSSR count). The van der Waals surface area contributed by atoms with Crippen LogP contribution < -0.4 is 14.2 Å². The standard InChI is InChI=1S/C45H60O26/c1-62-24-11-18(5-9-22(24)52)3-7-20(50)13-21(51)8-4-19-6-10-23(25(12-19)63-2)64-42-36(59)32(55)39(27(15-47)66-42)70-44-38(61)34(57)41(29(17-49)68-44)71-45-37(60)33(56)40(28(16-48)67-45)69-43-35(58)31(54)30(53)26(14-46)65-43/h3-12,26-49,52-61H,13-17H2,1-2H3/b7-3+,8-4+/t26-,27-,28-,29-,30-,31+,32-,33-,34-,35-,36-,37-,38-,39-,40-,41-,42+,43-,44-,45-/m1/s1. The molecule has 0 unspecified atom stereocenters. The number of allylic oxidation sites excluding steroid dienone is 2. The van der Waals surface area contributed by atoms with Crippen LogP contribution in [-0.2, 0) is 42.7 Å². The summed E-state index contributed by atoms with van der Waals surface area (Å²) in [5.74, 6) is -0.825. The molecule has 0 bridgehead atoms. The van der Waals surface area contributed by atoms with Gasteiger partial charge in [0.2, 0.25) is 6.29 Å². The van der Waals surface area contributed by atoms with Gasteiger partial charge in [-0.05, 0) is 47.5 Å². The van der Waals surface area contributed by atoms with E-state index < -0.39 is 167 Å². The highest BCUT2D eigenvalue weighted by Gasteiger charge is 2.55. The van der Waals surface area contributed by atoms with Crippen molar-refractivity contribution in [3.8, 4) is 23.0 Å². The molecule has 0 spiro atoms.